The van der Waals surface area contributed by atoms with E-state index in [0.29, 0.717) is 12.7 Å². The van der Waals surface area contributed by atoms with Gasteiger partial charge < -0.3 is 39.9 Å². The van der Waals surface area contributed by atoms with Gasteiger partial charge in [0.2, 0.25) is 11.8 Å². The van der Waals surface area contributed by atoms with E-state index in [1.165, 1.54) is 14.2 Å². The number of carbonyl (C=O) groups excluding carboxylic acids is 4. The third-order valence-electron chi connectivity index (χ3n) is 11.6. The van der Waals surface area contributed by atoms with Gasteiger partial charge >= 0.3 is 12.2 Å². The summed E-state index contributed by atoms with van der Waals surface area (Å²) >= 11 is 0. The predicted octanol–water partition coefficient (Wildman–Crippen LogP) is 7.33. The predicted molar refractivity (Wildman–Crippen MR) is 225 cm³/mol. The van der Waals surface area contributed by atoms with Crippen LogP contribution < -0.4 is 10.6 Å². The largest absolute Gasteiger partial charge is 0.453 e. The van der Waals surface area contributed by atoms with Gasteiger partial charge in [-0.1, -0.05) is 83.3 Å². The van der Waals surface area contributed by atoms with Crippen LogP contribution in [-0.2, 0) is 19.1 Å². The Labute approximate surface area is 339 Å². The minimum absolute atomic E-state index is 0.111. The van der Waals surface area contributed by atoms with Gasteiger partial charge in [-0.05, 0) is 64.9 Å². The Morgan fingerprint density at radius 1 is 0.776 bits per heavy atom. The van der Waals surface area contributed by atoms with Crippen LogP contribution in [-0.4, -0.2) is 101 Å². The van der Waals surface area contributed by atoms with Crippen molar-refractivity contribution in [2.24, 2.45) is 11.8 Å². The Kier molecular flexibility index (Phi) is 11.4. The van der Waals surface area contributed by atoms with Crippen LogP contribution in [0.4, 0.5) is 9.59 Å². The minimum Gasteiger partial charge on any atom is -0.453 e. The highest BCUT2D eigenvalue weighted by atomic mass is 28.3. The number of hydrogen-bond donors (Lipinski definition) is 4. The number of likely N-dealkylation sites (tertiary alicyclic amines) is 1. The molecule has 2 saturated heterocycles. The molecule has 5 aromatic rings. The van der Waals surface area contributed by atoms with E-state index in [1.54, 1.807) is 0 Å². The zero-order valence-electron chi connectivity index (χ0n) is 34.5. The molecule has 0 unspecified atom stereocenters. The van der Waals surface area contributed by atoms with E-state index in [2.05, 4.69) is 82.2 Å². The lowest BCUT2D eigenvalue weighted by Crippen LogP contribution is -2.52. The molecule has 2 aliphatic heterocycles. The fourth-order valence-electron chi connectivity index (χ4n) is 8.48. The molecule has 2 aromatic heterocycles. The Bertz CT molecular complexity index is 2340. The molecular formula is C43H54N8O6Si. The number of rotatable bonds is 10. The quantitative estimate of drug-likeness (QED) is 0.106. The summed E-state index contributed by atoms with van der Waals surface area (Å²) in [6, 6.07) is 17.9. The number of methoxy groups -OCH3 is 2. The molecule has 4 atom stereocenters. The summed E-state index contributed by atoms with van der Waals surface area (Å²) in [5.74, 6) is 1.01. The first kappa shape index (κ1) is 40.5. The van der Waals surface area contributed by atoms with Crippen molar-refractivity contribution in [2.75, 3.05) is 26.9 Å². The summed E-state index contributed by atoms with van der Waals surface area (Å²) in [5.41, 5.74) is 5.74. The van der Waals surface area contributed by atoms with Crippen molar-refractivity contribution in [3.05, 3.63) is 72.4 Å². The van der Waals surface area contributed by atoms with Crippen molar-refractivity contribution in [3.8, 4) is 22.4 Å². The first-order valence-electron chi connectivity index (χ1n) is 20.1. The standard InChI is InChI=1S/C43H54N8O6Si/c1-24(2)35(48-42(54)56-5)40(52)50-19-9-10-33(50)39-45-31-18-16-29-20-28(15-17-30(29)37(31)47-39)26-11-13-27(14-12-26)32-21-44-38(46-32)34-22-58(7,8)23-51(34)41(53)36(25(3)4)49-43(55)57-6/h11-18,20-21,24-25,33-36H,9-10,19,22-23H2,1-8H3,(H,44,46)(H,45,47)(H,48,54)(H,49,55)/t33-,34-,35-,36-/m0/s1. The second kappa shape index (κ2) is 16.3. The van der Waals surface area contributed by atoms with Crippen LogP contribution in [0.5, 0.6) is 0 Å². The first-order chi connectivity index (χ1) is 27.7. The smallest absolute Gasteiger partial charge is 0.407 e. The van der Waals surface area contributed by atoms with Gasteiger partial charge in [0.1, 0.15) is 23.7 Å². The van der Waals surface area contributed by atoms with Crippen molar-refractivity contribution >= 4 is 53.9 Å². The average molecular weight is 807 g/mol. The van der Waals surface area contributed by atoms with Gasteiger partial charge in [0.15, 0.2) is 0 Å². The van der Waals surface area contributed by atoms with Crippen LogP contribution in [0, 0.1) is 11.8 Å². The molecule has 2 aliphatic rings. The topological polar surface area (TPSA) is 175 Å². The molecular weight excluding hydrogens is 753 g/mol. The number of fused-ring (bicyclic) bond motifs is 3. The second-order valence-corrected chi connectivity index (χ2v) is 22.1. The molecule has 0 spiro atoms. The third-order valence-corrected chi connectivity index (χ3v) is 14.3. The van der Waals surface area contributed by atoms with E-state index >= 15 is 0 Å². The van der Waals surface area contributed by atoms with E-state index in [-0.39, 0.29) is 35.7 Å². The molecule has 0 bridgehead atoms. The number of H-pyrrole nitrogens is 2. The number of carbonyl (C=O) groups is 4. The lowest BCUT2D eigenvalue weighted by atomic mass is 9.99. The highest BCUT2D eigenvalue weighted by Gasteiger charge is 2.46. The minimum atomic E-state index is -1.75. The molecule has 14 nitrogen and oxygen atoms in total. The maximum absolute atomic E-state index is 13.9. The summed E-state index contributed by atoms with van der Waals surface area (Å²) in [6.07, 6.45) is 2.89. The summed E-state index contributed by atoms with van der Waals surface area (Å²) in [7, 11) is 0.845. The number of imidazole rings is 2. The van der Waals surface area contributed by atoms with Crippen molar-refractivity contribution in [2.45, 2.75) is 83.8 Å². The van der Waals surface area contributed by atoms with Gasteiger partial charge in [0, 0.05) is 18.1 Å². The second-order valence-electron chi connectivity index (χ2n) is 17.0. The lowest BCUT2D eigenvalue weighted by Gasteiger charge is -2.30. The maximum Gasteiger partial charge on any atom is 0.407 e. The fraction of sp³-hybridized carbons (Fsp3) is 0.442. The molecule has 0 aliphatic carbocycles. The molecule has 7 rings (SSSR count). The number of nitrogens with zero attached hydrogens (tertiary/aromatic N) is 4. The van der Waals surface area contributed by atoms with Crippen molar-refractivity contribution in [1.82, 2.24) is 40.4 Å². The molecule has 4 amide bonds. The van der Waals surface area contributed by atoms with Crippen molar-refractivity contribution < 1.29 is 28.7 Å². The van der Waals surface area contributed by atoms with Crippen LogP contribution in [0.25, 0.3) is 44.2 Å². The molecule has 0 saturated carbocycles. The van der Waals surface area contributed by atoms with Crippen LogP contribution >= 0.6 is 0 Å². The summed E-state index contributed by atoms with van der Waals surface area (Å²) in [4.78, 5) is 72.2. The zero-order chi connectivity index (χ0) is 41.5. The summed E-state index contributed by atoms with van der Waals surface area (Å²) in [5, 5.41) is 7.56. The summed E-state index contributed by atoms with van der Waals surface area (Å²) < 4.78 is 9.60. The number of aromatic amines is 2. The van der Waals surface area contributed by atoms with Crippen LogP contribution in [0.15, 0.2) is 60.8 Å². The molecule has 15 heteroatoms. The van der Waals surface area contributed by atoms with Gasteiger partial charge in [0.05, 0.1) is 57.3 Å². The number of alkyl carbamates (subject to hydrolysis) is 2. The number of ether oxygens (including phenoxy) is 2. The highest BCUT2D eigenvalue weighted by Crippen LogP contribution is 2.39. The van der Waals surface area contributed by atoms with Crippen molar-refractivity contribution in [1.29, 1.82) is 0 Å². The van der Waals surface area contributed by atoms with Gasteiger partial charge in [-0.15, -0.1) is 0 Å². The van der Waals surface area contributed by atoms with Crippen molar-refractivity contribution in [3.63, 3.8) is 0 Å². The highest BCUT2D eigenvalue weighted by molar-refractivity contribution is 6.78. The number of benzene rings is 3. The van der Waals surface area contributed by atoms with E-state index in [9.17, 15) is 19.2 Å². The number of hydrogen-bond acceptors (Lipinski definition) is 8. The van der Waals surface area contributed by atoms with E-state index in [0.717, 1.165) is 74.7 Å². The van der Waals surface area contributed by atoms with Gasteiger partial charge in [0.25, 0.3) is 0 Å². The Balaban J connectivity index is 1.09. The SMILES string of the molecule is COC(=O)N[C@H](C(=O)N1C[Si](C)(C)C[C@H]1c1ncc(-c2ccc(-c3ccc4c(ccc5nc([C@@H]6CCCN6C(=O)[C@@H](NC(=O)OC)C(C)C)[nH]c54)c3)cc2)[nH]1)C(C)C. The molecule has 3 aromatic carbocycles. The lowest BCUT2D eigenvalue weighted by molar-refractivity contribution is -0.136. The monoisotopic (exact) mass is 806 g/mol. The van der Waals surface area contributed by atoms with Gasteiger partial charge in [-0.2, -0.15) is 0 Å². The number of aromatic nitrogens is 4. The Morgan fingerprint density at radius 3 is 2.03 bits per heavy atom. The number of nitrogens with one attached hydrogen (secondary N) is 4. The molecule has 4 N–H and O–H groups in total. The van der Waals surface area contributed by atoms with E-state index in [4.69, 9.17) is 19.4 Å². The zero-order valence-corrected chi connectivity index (χ0v) is 35.5. The molecule has 2 fully saturated rings. The average Bonchev–Trinajstić information content (AvgIpc) is 4.03. The third kappa shape index (κ3) is 8.04. The first-order valence-corrected chi connectivity index (χ1v) is 23.5. The van der Waals surface area contributed by atoms with E-state index < -0.39 is 32.3 Å². The molecule has 58 heavy (non-hydrogen) atoms. The summed E-state index contributed by atoms with van der Waals surface area (Å²) in [6.45, 7) is 12.8. The van der Waals surface area contributed by atoms with Gasteiger partial charge in [-0.25, -0.2) is 19.6 Å². The fourth-order valence-corrected chi connectivity index (χ4v) is 11.4. The number of amides is 4. The van der Waals surface area contributed by atoms with E-state index in [1.807, 2.05) is 49.8 Å². The Hall–Kier alpha value is -5.70. The van der Waals surface area contributed by atoms with Crippen LogP contribution in [0.2, 0.25) is 19.1 Å². The molecule has 306 valence electrons. The normalized spacial score (nSPS) is 18.9. The molecule has 4 heterocycles. The van der Waals surface area contributed by atoms with Crippen LogP contribution in [0.3, 0.4) is 0 Å². The maximum atomic E-state index is 13.9. The Morgan fingerprint density at radius 2 is 1.40 bits per heavy atom. The molecule has 0 radical (unpaired) electrons. The van der Waals surface area contributed by atoms with Crippen LogP contribution in [0.1, 0.15) is 64.3 Å². The van der Waals surface area contributed by atoms with Gasteiger partial charge in [-0.3, -0.25) is 9.59 Å².